The number of rotatable bonds is 8. The molecule has 2 aromatic carbocycles. The molecule has 1 fully saturated rings. The minimum Gasteiger partial charge on any atom is -0.493 e. The first-order valence-electron chi connectivity index (χ1n) is 10.3. The lowest BCUT2D eigenvalue weighted by Crippen LogP contribution is -2.43. The van der Waals surface area contributed by atoms with Crippen LogP contribution in [0.1, 0.15) is 29.5 Å². The van der Waals surface area contributed by atoms with Crippen LogP contribution in [0, 0.1) is 6.92 Å². The number of benzene rings is 2. The molecule has 0 radical (unpaired) electrons. The van der Waals surface area contributed by atoms with Gasteiger partial charge in [0.2, 0.25) is 5.91 Å². The highest BCUT2D eigenvalue weighted by Crippen LogP contribution is 2.29. The first kappa shape index (κ1) is 22.7. The number of aryl methyl sites for hydroxylation is 1. The van der Waals surface area contributed by atoms with E-state index in [0.29, 0.717) is 5.56 Å². The van der Waals surface area contributed by atoms with Gasteiger partial charge in [0, 0.05) is 31.8 Å². The topological polar surface area (TPSA) is 50.8 Å². The molecule has 1 aliphatic rings. The Morgan fingerprint density at radius 3 is 2.65 bits per heavy atom. The number of methoxy groups -OCH3 is 1. The number of hydrogen-bond acceptors (Lipinski definition) is 4. The average Bonchev–Trinajstić information content (AvgIpc) is 2.74. The molecule has 5 nitrogen and oxygen atoms in total. The van der Waals surface area contributed by atoms with Gasteiger partial charge in [0.05, 0.1) is 7.11 Å². The normalized spacial score (nSPS) is 15.4. The molecule has 1 saturated heterocycles. The largest absolute Gasteiger partial charge is 0.493 e. The van der Waals surface area contributed by atoms with Crippen LogP contribution in [0.4, 0.5) is 8.78 Å². The molecular formula is C24H28F2N2O3. The number of carbonyl (C=O) groups excluding carboxylic acids is 1. The van der Waals surface area contributed by atoms with Crippen molar-refractivity contribution in [3.8, 4) is 11.5 Å². The number of piperidine rings is 1. The highest BCUT2D eigenvalue weighted by Gasteiger charge is 2.20. The standard InChI is InChI=1S/C24H28F2N2O3/c1-17-4-3-5-19(14-17)16-28-12-10-20(11-13-28)27-23(29)9-7-18-6-8-21(31-24(25)26)22(15-18)30-2/h3-9,14-15,20,24H,10-13,16H2,1-2H3,(H,27,29)/b9-7+. The maximum Gasteiger partial charge on any atom is 0.387 e. The van der Waals surface area contributed by atoms with Gasteiger partial charge in [-0.05, 0) is 49.1 Å². The second-order valence-corrected chi connectivity index (χ2v) is 7.67. The zero-order valence-corrected chi connectivity index (χ0v) is 17.8. The minimum atomic E-state index is -2.93. The predicted molar refractivity (Wildman–Crippen MR) is 116 cm³/mol. The summed E-state index contributed by atoms with van der Waals surface area (Å²) in [5.74, 6) is -0.0376. The highest BCUT2D eigenvalue weighted by atomic mass is 19.3. The number of nitrogens with zero attached hydrogens (tertiary/aromatic N) is 1. The van der Waals surface area contributed by atoms with Crippen molar-refractivity contribution in [2.24, 2.45) is 0 Å². The van der Waals surface area contributed by atoms with E-state index in [1.165, 1.54) is 30.4 Å². The average molecular weight is 430 g/mol. The molecule has 7 heteroatoms. The summed E-state index contributed by atoms with van der Waals surface area (Å²) in [6.07, 6.45) is 4.87. The summed E-state index contributed by atoms with van der Waals surface area (Å²) >= 11 is 0. The fourth-order valence-electron chi connectivity index (χ4n) is 3.71. The third-order valence-corrected chi connectivity index (χ3v) is 5.25. The summed E-state index contributed by atoms with van der Waals surface area (Å²) in [5.41, 5.74) is 3.23. The van der Waals surface area contributed by atoms with E-state index in [9.17, 15) is 13.6 Å². The Balaban J connectivity index is 1.47. The van der Waals surface area contributed by atoms with Crippen LogP contribution in [-0.4, -0.2) is 43.7 Å². The van der Waals surface area contributed by atoms with Crippen molar-refractivity contribution >= 4 is 12.0 Å². The van der Waals surface area contributed by atoms with E-state index in [1.54, 1.807) is 18.2 Å². The molecule has 3 rings (SSSR count). The second-order valence-electron chi connectivity index (χ2n) is 7.67. The lowest BCUT2D eigenvalue weighted by Gasteiger charge is -2.32. The van der Waals surface area contributed by atoms with Gasteiger partial charge in [0.1, 0.15) is 0 Å². The lowest BCUT2D eigenvalue weighted by molar-refractivity contribution is -0.117. The third-order valence-electron chi connectivity index (χ3n) is 5.25. The van der Waals surface area contributed by atoms with Crippen molar-refractivity contribution in [1.82, 2.24) is 10.2 Å². The van der Waals surface area contributed by atoms with E-state index in [1.807, 2.05) is 0 Å². The van der Waals surface area contributed by atoms with Crippen molar-refractivity contribution in [3.05, 3.63) is 65.2 Å². The molecule has 1 heterocycles. The number of nitrogens with one attached hydrogen (secondary N) is 1. The van der Waals surface area contributed by atoms with Gasteiger partial charge in [0.15, 0.2) is 11.5 Å². The highest BCUT2D eigenvalue weighted by molar-refractivity contribution is 5.92. The zero-order valence-electron chi connectivity index (χ0n) is 17.8. The number of carbonyl (C=O) groups is 1. The van der Waals surface area contributed by atoms with Crippen molar-refractivity contribution < 1.29 is 23.0 Å². The van der Waals surface area contributed by atoms with Gasteiger partial charge in [0.25, 0.3) is 0 Å². The summed E-state index contributed by atoms with van der Waals surface area (Å²) in [6, 6.07) is 13.2. The van der Waals surface area contributed by atoms with Crippen molar-refractivity contribution in [1.29, 1.82) is 0 Å². The third kappa shape index (κ3) is 7.07. The van der Waals surface area contributed by atoms with Gasteiger partial charge >= 0.3 is 6.61 Å². The fraction of sp³-hybridized carbons (Fsp3) is 0.375. The number of alkyl halides is 2. The SMILES string of the molecule is COc1cc(/C=C/C(=O)NC2CCN(Cc3cccc(C)c3)CC2)ccc1OC(F)F. The molecule has 1 amide bonds. The monoisotopic (exact) mass is 430 g/mol. The van der Waals surface area contributed by atoms with Gasteiger partial charge in [-0.1, -0.05) is 35.9 Å². The molecule has 1 N–H and O–H groups in total. The Bertz CT molecular complexity index is 909. The maximum absolute atomic E-state index is 12.4. The molecule has 0 bridgehead atoms. The van der Waals surface area contributed by atoms with E-state index in [0.717, 1.165) is 32.5 Å². The molecule has 0 aromatic heterocycles. The summed E-state index contributed by atoms with van der Waals surface area (Å²) < 4.78 is 34.3. The molecule has 31 heavy (non-hydrogen) atoms. The number of halogens is 2. The fourth-order valence-corrected chi connectivity index (χ4v) is 3.71. The van der Waals surface area contributed by atoms with Gasteiger partial charge in [-0.2, -0.15) is 8.78 Å². The maximum atomic E-state index is 12.4. The molecule has 0 aliphatic carbocycles. The zero-order chi connectivity index (χ0) is 22.2. The van der Waals surface area contributed by atoms with Gasteiger partial charge in [-0.25, -0.2) is 0 Å². The van der Waals surface area contributed by atoms with E-state index in [4.69, 9.17) is 4.74 Å². The number of hydrogen-bond donors (Lipinski definition) is 1. The van der Waals surface area contributed by atoms with Crippen LogP contribution in [0.3, 0.4) is 0 Å². The molecule has 0 atom stereocenters. The molecule has 0 unspecified atom stereocenters. The second kappa shape index (κ2) is 10.9. The van der Waals surface area contributed by atoms with Crippen LogP contribution in [-0.2, 0) is 11.3 Å². The number of ether oxygens (including phenoxy) is 2. The van der Waals surface area contributed by atoms with Crippen LogP contribution in [0.5, 0.6) is 11.5 Å². The number of amides is 1. The van der Waals surface area contributed by atoms with Gasteiger partial charge < -0.3 is 14.8 Å². The van der Waals surface area contributed by atoms with Gasteiger partial charge in [-0.15, -0.1) is 0 Å². The molecule has 2 aromatic rings. The predicted octanol–water partition coefficient (Wildman–Crippen LogP) is 4.40. The Labute approximate surface area is 181 Å². The Kier molecular flexibility index (Phi) is 8.00. The van der Waals surface area contributed by atoms with Gasteiger partial charge in [-0.3, -0.25) is 9.69 Å². The molecular weight excluding hydrogens is 402 g/mol. The Hall–Kier alpha value is -2.93. The van der Waals surface area contributed by atoms with Crippen LogP contribution in [0.25, 0.3) is 6.08 Å². The first-order chi connectivity index (χ1) is 14.9. The molecule has 166 valence electrons. The summed E-state index contributed by atoms with van der Waals surface area (Å²) in [7, 11) is 1.37. The molecule has 1 aliphatic heterocycles. The van der Waals surface area contributed by atoms with E-state index in [2.05, 4.69) is 46.1 Å². The van der Waals surface area contributed by atoms with Crippen molar-refractivity contribution in [2.45, 2.75) is 39.0 Å². The quantitative estimate of drug-likeness (QED) is 0.631. The van der Waals surface area contributed by atoms with E-state index < -0.39 is 6.61 Å². The van der Waals surface area contributed by atoms with Crippen LogP contribution in [0.15, 0.2) is 48.5 Å². The molecule has 0 spiro atoms. The summed E-state index contributed by atoms with van der Waals surface area (Å²) in [6.45, 7) is 1.97. The Morgan fingerprint density at radius 1 is 1.19 bits per heavy atom. The lowest BCUT2D eigenvalue weighted by atomic mass is 10.0. The number of likely N-dealkylation sites (tertiary alicyclic amines) is 1. The minimum absolute atomic E-state index is 0.0449. The van der Waals surface area contributed by atoms with Crippen LogP contribution < -0.4 is 14.8 Å². The first-order valence-corrected chi connectivity index (χ1v) is 10.3. The smallest absolute Gasteiger partial charge is 0.387 e. The van der Waals surface area contributed by atoms with Crippen molar-refractivity contribution in [3.63, 3.8) is 0 Å². The Morgan fingerprint density at radius 2 is 1.97 bits per heavy atom. The van der Waals surface area contributed by atoms with Crippen LogP contribution in [0.2, 0.25) is 0 Å². The molecule has 0 saturated carbocycles. The van der Waals surface area contributed by atoms with Crippen LogP contribution >= 0.6 is 0 Å². The summed E-state index contributed by atoms with van der Waals surface area (Å²) in [4.78, 5) is 14.7. The van der Waals surface area contributed by atoms with Crippen molar-refractivity contribution in [2.75, 3.05) is 20.2 Å². The van der Waals surface area contributed by atoms with E-state index in [-0.39, 0.29) is 23.4 Å². The van der Waals surface area contributed by atoms with E-state index >= 15 is 0 Å². The summed E-state index contributed by atoms with van der Waals surface area (Å²) in [5, 5.41) is 3.04.